The standard InChI is InChI=1S/C8H14N2/c1-6-3-4-7(2)8(5-6)10-9/h3-4,8,10H,5,9H2,1-2H3. The quantitative estimate of drug-likeness (QED) is 0.421. The van der Waals surface area contributed by atoms with Gasteiger partial charge in [0, 0.05) is 6.04 Å². The van der Waals surface area contributed by atoms with E-state index in [1.54, 1.807) is 0 Å². The average Bonchev–Trinajstić information content (AvgIpc) is 1.94. The Morgan fingerprint density at radius 2 is 2.20 bits per heavy atom. The smallest absolute Gasteiger partial charge is 0.0457 e. The Morgan fingerprint density at radius 3 is 2.70 bits per heavy atom. The molecule has 0 fully saturated rings. The highest BCUT2D eigenvalue weighted by atomic mass is 15.2. The van der Waals surface area contributed by atoms with Crippen molar-refractivity contribution in [2.45, 2.75) is 26.3 Å². The molecule has 1 unspecified atom stereocenters. The molecule has 1 atom stereocenters. The minimum absolute atomic E-state index is 0.352. The van der Waals surface area contributed by atoms with Crippen LogP contribution in [0.2, 0.25) is 0 Å². The fourth-order valence-corrected chi connectivity index (χ4v) is 1.13. The lowest BCUT2D eigenvalue weighted by atomic mass is 9.96. The lowest BCUT2D eigenvalue weighted by molar-refractivity contribution is 0.581. The highest BCUT2D eigenvalue weighted by Crippen LogP contribution is 2.16. The van der Waals surface area contributed by atoms with E-state index >= 15 is 0 Å². The molecule has 1 aliphatic carbocycles. The zero-order chi connectivity index (χ0) is 7.56. The van der Waals surface area contributed by atoms with E-state index in [0.29, 0.717) is 6.04 Å². The van der Waals surface area contributed by atoms with E-state index in [4.69, 9.17) is 5.84 Å². The van der Waals surface area contributed by atoms with Crippen LogP contribution in [0.15, 0.2) is 23.3 Å². The van der Waals surface area contributed by atoms with Gasteiger partial charge in [-0.15, -0.1) is 0 Å². The molecule has 10 heavy (non-hydrogen) atoms. The minimum atomic E-state index is 0.352. The van der Waals surface area contributed by atoms with Crippen molar-refractivity contribution in [2.24, 2.45) is 5.84 Å². The summed E-state index contributed by atoms with van der Waals surface area (Å²) < 4.78 is 0. The second-order valence-electron chi connectivity index (χ2n) is 2.85. The van der Waals surface area contributed by atoms with Gasteiger partial charge in [-0.1, -0.05) is 23.3 Å². The second-order valence-corrected chi connectivity index (χ2v) is 2.85. The summed E-state index contributed by atoms with van der Waals surface area (Å²) in [6.45, 7) is 4.21. The van der Waals surface area contributed by atoms with Crippen LogP contribution in [0.25, 0.3) is 0 Å². The maximum absolute atomic E-state index is 5.34. The first-order chi connectivity index (χ1) is 4.74. The molecule has 0 saturated heterocycles. The van der Waals surface area contributed by atoms with Crippen molar-refractivity contribution in [3.8, 4) is 0 Å². The number of hydrogen-bond donors (Lipinski definition) is 2. The van der Waals surface area contributed by atoms with Crippen molar-refractivity contribution in [3.63, 3.8) is 0 Å². The van der Waals surface area contributed by atoms with Crippen LogP contribution in [-0.2, 0) is 0 Å². The van der Waals surface area contributed by atoms with Gasteiger partial charge in [0.2, 0.25) is 0 Å². The molecular formula is C8H14N2. The third-order valence-corrected chi connectivity index (χ3v) is 1.91. The molecule has 0 amide bonds. The molecule has 0 aromatic carbocycles. The number of nitrogens with one attached hydrogen (secondary N) is 1. The first-order valence-electron chi connectivity index (χ1n) is 3.54. The summed E-state index contributed by atoms with van der Waals surface area (Å²) in [5.74, 6) is 5.34. The van der Waals surface area contributed by atoms with E-state index in [0.717, 1.165) is 6.42 Å². The summed E-state index contributed by atoms with van der Waals surface area (Å²) in [5.41, 5.74) is 5.47. The van der Waals surface area contributed by atoms with E-state index in [2.05, 4.69) is 31.4 Å². The molecule has 0 aromatic rings. The Morgan fingerprint density at radius 1 is 1.50 bits per heavy atom. The molecule has 0 aromatic heterocycles. The SMILES string of the molecule is CC1=CC=C(C)C(NN)C1. The van der Waals surface area contributed by atoms with Crippen molar-refractivity contribution in [2.75, 3.05) is 0 Å². The minimum Gasteiger partial charge on any atom is -0.271 e. The average molecular weight is 138 g/mol. The lowest BCUT2D eigenvalue weighted by Crippen LogP contribution is -2.36. The van der Waals surface area contributed by atoms with E-state index in [1.165, 1.54) is 11.1 Å². The molecule has 0 aliphatic heterocycles. The Kier molecular flexibility index (Phi) is 2.25. The Labute approximate surface area is 61.8 Å². The maximum Gasteiger partial charge on any atom is 0.0457 e. The van der Waals surface area contributed by atoms with Crippen molar-refractivity contribution >= 4 is 0 Å². The zero-order valence-electron chi connectivity index (χ0n) is 6.52. The van der Waals surface area contributed by atoms with Crippen molar-refractivity contribution < 1.29 is 0 Å². The summed E-state index contributed by atoms with van der Waals surface area (Å²) in [6.07, 6.45) is 5.30. The largest absolute Gasteiger partial charge is 0.271 e. The third kappa shape index (κ3) is 1.46. The number of hydrazine groups is 1. The molecule has 2 nitrogen and oxygen atoms in total. The van der Waals surface area contributed by atoms with E-state index < -0.39 is 0 Å². The predicted octanol–water partition coefficient (Wildman–Crippen LogP) is 1.11. The van der Waals surface area contributed by atoms with Gasteiger partial charge in [0.1, 0.15) is 0 Å². The topological polar surface area (TPSA) is 38.0 Å². The molecule has 2 heteroatoms. The van der Waals surface area contributed by atoms with Crippen LogP contribution in [0, 0.1) is 0 Å². The predicted molar refractivity (Wildman–Crippen MR) is 43.2 cm³/mol. The van der Waals surface area contributed by atoms with Gasteiger partial charge >= 0.3 is 0 Å². The van der Waals surface area contributed by atoms with Gasteiger partial charge in [-0.25, -0.2) is 0 Å². The Bertz CT molecular complexity index is 180. The van der Waals surface area contributed by atoms with E-state index in [9.17, 15) is 0 Å². The number of allylic oxidation sites excluding steroid dienone is 2. The maximum atomic E-state index is 5.34. The molecular weight excluding hydrogens is 124 g/mol. The van der Waals surface area contributed by atoms with E-state index in [1.807, 2.05) is 0 Å². The van der Waals surface area contributed by atoms with Crippen LogP contribution < -0.4 is 11.3 Å². The van der Waals surface area contributed by atoms with Gasteiger partial charge in [0.25, 0.3) is 0 Å². The molecule has 56 valence electrons. The van der Waals surface area contributed by atoms with Gasteiger partial charge < -0.3 is 0 Å². The first-order valence-corrected chi connectivity index (χ1v) is 3.54. The molecule has 0 spiro atoms. The normalized spacial score (nSPS) is 25.7. The number of rotatable bonds is 1. The van der Waals surface area contributed by atoms with Crippen LogP contribution in [0.5, 0.6) is 0 Å². The summed E-state index contributed by atoms with van der Waals surface area (Å²) >= 11 is 0. The molecule has 0 bridgehead atoms. The molecule has 0 radical (unpaired) electrons. The van der Waals surface area contributed by atoms with Crippen LogP contribution in [0.1, 0.15) is 20.3 Å². The van der Waals surface area contributed by atoms with Crippen LogP contribution >= 0.6 is 0 Å². The highest BCUT2D eigenvalue weighted by Gasteiger charge is 2.11. The first kappa shape index (κ1) is 7.51. The second kappa shape index (κ2) is 2.99. The third-order valence-electron chi connectivity index (χ3n) is 1.91. The monoisotopic (exact) mass is 138 g/mol. The lowest BCUT2D eigenvalue weighted by Gasteiger charge is -2.19. The van der Waals surface area contributed by atoms with Crippen LogP contribution in [0.3, 0.4) is 0 Å². The zero-order valence-corrected chi connectivity index (χ0v) is 6.52. The summed E-state index contributed by atoms with van der Waals surface area (Å²) in [6, 6.07) is 0.352. The molecule has 0 saturated carbocycles. The molecule has 3 N–H and O–H groups in total. The fraction of sp³-hybridized carbons (Fsp3) is 0.500. The number of hydrogen-bond acceptors (Lipinski definition) is 2. The molecule has 1 rings (SSSR count). The van der Waals surface area contributed by atoms with Gasteiger partial charge in [-0.3, -0.25) is 11.3 Å². The fourth-order valence-electron chi connectivity index (χ4n) is 1.13. The summed E-state index contributed by atoms with van der Waals surface area (Å²) in [5, 5.41) is 0. The molecule has 0 heterocycles. The molecule has 1 aliphatic rings. The van der Waals surface area contributed by atoms with Gasteiger partial charge in [0.15, 0.2) is 0 Å². The highest BCUT2D eigenvalue weighted by molar-refractivity contribution is 5.26. The Balaban J connectivity index is 2.68. The van der Waals surface area contributed by atoms with Gasteiger partial charge in [-0.05, 0) is 20.3 Å². The van der Waals surface area contributed by atoms with Crippen LogP contribution in [-0.4, -0.2) is 6.04 Å². The summed E-state index contributed by atoms with van der Waals surface area (Å²) in [4.78, 5) is 0. The van der Waals surface area contributed by atoms with Gasteiger partial charge in [-0.2, -0.15) is 0 Å². The van der Waals surface area contributed by atoms with Crippen LogP contribution in [0.4, 0.5) is 0 Å². The van der Waals surface area contributed by atoms with Crippen molar-refractivity contribution in [1.82, 2.24) is 5.43 Å². The Hall–Kier alpha value is -0.600. The van der Waals surface area contributed by atoms with Crippen molar-refractivity contribution in [1.29, 1.82) is 0 Å². The summed E-state index contributed by atoms with van der Waals surface area (Å²) in [7, 11) is 0. The van der Waals surface area contributed by atoms with Crippen molar-refractivity contribution in [3.05, 3.63) is 23.3 Å². The van der Waals surface area contributed by atoms with Gasteiger partial charge in [0.05, 0.1) is 0 Å². The number of nitrogens with two attached hydrogens (primary N) is 1. The van der Waals surface area contributed by atoms with E-state index in [-0.39, 0.29) is 0 Å².